The number of carbonyl (C=O) groups is 1. The smallest absolute Gasteiger partial charge is 0.249 e. The first-order valence-corrected chi connectivity index (χ1v) is 25.1. The molecule has 0 radical (unpaired) electrons. The highest BCUT2D eigenvalue weighted by atomic mass is 16.7. The second-order valence-electron chi connectivity index (χ2n) is 17.3. The van der Waals surface area contributed by atoms with Gasteiger partial charge in [-0.3, -0.25) is 4.79 Å². The van der Waals surface area contributed by atoms with E-state index in [1.54, 1.807) is 6.08 Å². The van der Waals surface area contributed by atoms with E-state index in [-0.39, 0.29) is 6.61 Å². The number of hydrogen-bond acceptors (Lipinski definition) is 9. The van der Waals surface area contributed by atoms with Crippen LogP contribution in [0.15, 0.2) is 60.8 Å². The highest BCUT2D eigenvalue weighted by molar-refractivity contribution is 5.80. The number of unbranched alkanes of at least 4 members (excludes halogenated alkanes) is 22. The largest absolute Gasteiger partial charge is 0.394 e. The lowest BCUT2D eigenvalue weighted by molar-refractivity contribution is -0.302. The van der Waals surface area contributed by atoms with Crippen molar-refractivity contribution in [1.82, 2.24) is 5.32 Å². The number of ether oxygens (including phenoxy) is 2. The van der Waals surface area contributed by atoms with Crippen LogP contribution in [0, 0.1) is 0 Å². The Labute approximate surface area is 378 Å². The zero-order chi connectivity index (χ0) is 45.3. The SMILES string of the molecule is CC/C=C\C/C=C\CCCCCCCCCCCCCCCC(O)C(=O)NC(COC1OC(CO)C(O)C(O)C1O)C(O)/C=C/CC/C=C/CC/C=C/CCCCCCCCC. The van der Waals surface area contributed by atoms with Gasteiger partial charge in [-0.05, 0) is 70.6 Å². The first kappa shape index (κ1) is 57.9. The predicted octanol–water partition coefficient (Wildman–Crippen LogP) is 10.1. The fourth-order valence-electron chi connectivity index (χ4n) is 7.58. The third-order valence-electron chi connectivity index (χ3n) is 11.7. The summed E-state index contributed by atoms with van der Waals surface area (Å²) in [5.41, 5.74) is 0. The van der Waals surface area contributed by atoms with Crippen LogP contribution in [0.25, 0.3) is 0 Å². The van der Waals surface area contributed by atoms with Gasteiger partial charge in [-0.2, -0.15) is 0 Å². The van der Waals surface area contributed by atoms with Crippen LogP contribution in [0.3, 0.4) is 0 Å². The first-order valence-electron chi connectivity index (χ1n) is 25.1. The van der Waals surface area contributed by atoms with Crippen LogP contribution < -0.4 is 5.32 Å². The van der Waals surface area contributed by atoms with E-state index in [2.05, 4.69) is 67.8 Å². The molecule has 1 fully saturated rings. The van der Waals surface area contributed by atoms with Gasteiger partial charge < -0.3 is 45.4 Å². The Morgan fingerprint density at radius 2 is 1.05 bits per heavy atom. The predicted molar refractivity (Wildman–Crippen MR) is 255 cm³/mol. The molecule has 360 valence electrons. The van der Waals surface area contributed by atoms with Gasteiger partial charge in [-0.1, -0.05) is 190 Å². The molecule has 1 heterocycles. The van der Waals surface area contributed by atoms with Crippen molar-refractivity contribution in [1.29, 1.82) is 0 Å². The number of aliphatic hydroxyl groups is 6. The van der Waals surface area contributed by atoms with Crippen molar-refractivity contribution >= 4 is 5.91 Å². The van der Waals surface area contributed by atoms with Gasteiger partial charge in [0.15, 0.2) is 6.29 Å². The number of amides is 1. The summed E-state index contributed by atoms with van der Waals surface area (Å²) in [4.78, 5) is 13.1. The Kier molecular flexibility index (Phi) is 38.8. The number of hydrogen-bond donors (Lipinski definition) is 7. The number of rotatable bonds is 41. The van der Waals surface area contributed by atoms with Crippen LogP contribution in [0.4, 0.5) is 0 Å². The maximum Gasteiger partial charge on any atom is 0.249 e. The van der Waals surface area contributed by atoms with Crippen molar-refractivity contribution < 1.29 is 44.9 Å². The van der Waals surface area contributed by atoms with Crippen molar-refractivity contribution in [2.45, 2.75) is 249 Å². The van der Waals surface area contributed by atoms with E-state index in [4.69, 9.17) is 9.47 Å². The summed E-state index contributed by atoms with van der Waals surface area (Å²) >= 11 is 0. The minimum atomic E-state index is -1.62. The monoisotopic (exact) mass is 876 g/mol. The molecule has 8 unspecified atom stereocenters. The van der Waals surface area contributed by atoms with Gasteiger partial charge in [0.25, 0.3) is 0 Å². The second-order valence-corrected chi connectivity index (χ2v) is 17.3. The van der Waals surface area contributed by atoms with Gasteiger partial charge in [0.05, 0.1) is 25.4 Å². The molecule has 10 nitrogen and oxygen atoms in total. The minimum absolute atomic E-state index is 0.298. The number of aliphatic hydroxyl groups excluding tert-OH is 6. The zero-order valence-corrected chi connectivity index (χ0v) is 39.2. The lowest BCUT2D eigenvalue weighted by Crippen LogP contribution is -2.60. The second kappa shape index (κ2) is 41.5. The minimum Gasteiger partial charge on any atom is -0.394 e. The van der Waals surface area contributed by atoms with Crippen LogP contribution in [0.5, 0.6) is 0 Å². The molecule has 10 heteroatoms. The molecule has 1 saturated heterocycles. The van der Waals surface area contributed by atoms with Crippen molar-refractivity contribution in [3.05, 3.63) is 60.8 Å². The molecule has 1 aliphatic heterocycles. The molecule has 0 spiro atoms. The van der Waals surface area contributed by atoms with Gasteiger partial charge >= 0.3 is 0 Å². The summed E-state index contributed by atoms with van der Waals surface area (Å²) in [5.74, 6) is -0.633. The van der Waals surface area contributed by atoms with Gasteiger partial charge in [0.1, 0.15) is 30.5 Å². The average Bonchev–Trinajstić information content (AvgIpc) is 3.27. The van der Waals surface area contributed by atoms with Gasteiger partial charge in [-0.15, -0.1) is 0 Å². The summed E-state index contributed by atoms with van der Waals surface area (Å²) in [7, 11) is 0. The average molecular weight is 876 g/mol. The molecular formula is C52H93NO9. The summed E-state index contributed by atoms with van der Waals surface area (Å²) in [5, 5.41) is 64.8. The van der Waals surface area contributed by atoms with E-state index >= 15 is 0 Å². The van der Waals surface area contributed by atoms with Crippen LogP contribution >= 0.6 is 0 Å². The summed E-state index contributed by atoms with van der Waals surface area (Å²) in [6.45, 7) is 3.48. The summed E-state index contributed by atoms with van der Waals surface area (Å²) in [6.07, 6.45) is 44.5. The Balaban J connectivity index is 2.39. The maximum atomic E-state index is 13.1. The first-order chi connectivity index (χ1) is 30.3. The molecule has 1 amide bonds. The van der Waals surface area contributed by atoms with E-state index < -0.39 is 61.5 Å². The standard InChI is InChI=1S/C52H93NO9/c1-3-5-7-9-11-13-15-17-19-21-22-23-25-27-29-31-33-35-37-39-41-46(56)51(60)53-44(43-61-52-50(59)49(58)48(57)47(42-54)62-52)45(55)40-38-36-34-32-30-28-26-24-20-18-16-14-12-10-8-6-4-2/h5,7,11,13,20,24,30,32,38,40,44-50,52,54-59H,3-4,6,8-10,12,14-19,21-23,25-29,31,33-37,39,41-43H2,1-2H3,(H,53,60)/b7-5-,13-11-,24-20+,32-30+,40-38+. The zero-order valence-electron chi connectivity index (χ0n) is 39.2. The topological polar surface area (TPSA) is 169 Å². The fraction of sp³-hybridized carbons (Fsp3) is 0.788. The van der Waals surface area contributed by atoms with Crippen LogP contribution in [0.1, 0.15) is 200 Å². The van der Waals surface area contributed by atoms with Gasteiger partial charge in [0.2, 0.25) is 5.91 Å². The van der Waals surface area contributed by atoms with Gasteiger partial charge in [-0.25, -0.2) is 0 Å². The van der Waals surface area contributed by atoms with E-state index in [0.29, 0.717) is 19.3 Å². The van der Waals surface area contributed by atoms with Crippen molar-refractivity contribution in [2.24, 2.45) is 0 Å². The Bertz CT molecular complexity index is 1170. The third kappa shape index (κ3) is 30.8. The number of nitrogens with one attached hydrogen (secondary N) is 1. The normalized spacial score (nSPS) is 21.3. The van der Waals surface area contributed by atoms with Gasteiger partial charge in [0, 0.05) is 0 Å². The molecule has 0 saturated carbocycles. The number of carbonyl (C=O) groups excluding carboxylic acids is 1. The highest BCUT2D eigenvalue weighted by Gasteiger charge is 2.44. The number of allylic oxidation sites excluding steroid dienone is 9. The summed E-state index contributed by atoms with van der Waals surface area (Å²) < 4.78 is 11.1. The molecule has 0 aromatic heterocycles. The Morgan fingerprint density at radius 3 is 1.58 bits per heavy atom. The van der Waals surface area contributed by atoms with E-state index in [9.17, 15) is 35.4 Å². The van der Waals surface area contributed by atoms with Crippen molar-refractivity contribution in [3.63, 3.8) is 0 Å². The third-order valence-corrected chi connectivity index (χ3v) is 11.7. The van der Waals surface area contributed by atoms with Crippen LogP contribution in [-0.4, -0.2) is 98.7 Å². The quantitative estimate of drug-likeness (QED) is 0.0234. The molecule has 0 aromatic rings. The fourth-order valence-corrected chi connectivity index (χ4v) is 7.58. The summed E-state index contributed by atoms with van der Waals surface area (Å²) in [6, 6.07) is -1.01. The lowest BCUT2D eigenvalue weighted by atomic mass is 9.99. The Hall–Kier alpha value is -2.15. The van der Waals surface area contributed by atoms with E-state index in [1.807, 2.05) is 6.08 Å². The molecule has 1 rings (SSSR count). The van der Waals surface area contributed by atoms with Crippen LogP contribution in [-0.2, 0) is 14.3 Å². The molecule has 8 atom stereocenters. The molecular weight excluding hydrogens is 783 g/mol. The molecule has 1 aliphatic rings. The van der Waals surface area contributed by atoms with Crippen molar-refractivity contribution in [3.8, 4) is 0 Å². The Morgan fingerprint density at radius 1 is 0.581 bits per heavy atom. The molecule has 62 heavy (non-hydrogen) atoms. The lowest BCUT2D eigenvalue weighted by Gasteiger charge is -2.40. The molecule has 7 N–H and O–H groups in total. The van der Waals surface area contributed by atoms with E-state index in [0.717, 1.165) is 57.8 Å². The van der Waals surface area contributed by atoms with Crippen LogP contribution in [0.2, 0.25) is 0 Å². The molecule has 0 aliphatic carbocycles. The molecule has 0 bridgehead atoms. The highest BCUT2D eigenvalue weighted by Crippen LogP contribution is 2.23. The van der Waals surface area contributed by atoms with E-state index in [1.165, 1.54) is 109 Å². The van der Waals surface area contributed by atoms with Crippen molar-refractivity contribution in [2.75, 3.05) is 13.2 Å². The molecule has 0 aromatic carbocycles. The maximum absolute atomic E-state index is 13.1.